The van der Waals surface area contributed by atoms with E-state index in [4.69, 9.17) is 9.47 Å². The highest BCUT2D eigenvalue weighted by molar-refractivity contribution is 6.01. The summed E-state index contributed by atoms with van der Waals surface area (Å²) in [6.45, 7) is 5.37. The van der Waals surface area contributed by atoms with Crippen molar-refractivity contribution < 1.29 is 19.1 Å². The Balaban J connectivity index is 1.70. The van der Waals surface area contributed by atoms with Crippen molar-refractivity contribution in [2.45, 2.75) is 26.7 Å². The van der Waals surface area contributed by atoms with Gasteiger partial charge in [-0.1, -0.05) is 18.2 Å². The van der Waals surface area contributed by atoms with Crippen LogP contribution in [0, 0.1) is 18.3 Å². The molecule has 1 fully saturated rings. The zero-order chi connectivity index (χ0) is 22.9. The summed E-state index contributed by atoms with van der Waals surface area (Å²) < 4.78 is 11.3. The van der Waals surface area contributed by atoms with E-state index in [1.54, 1.807) is 29.2 Å². The zero-order valence-corrected chi connectivity index (χ0v) is 18.4. The molecular formula is C25H27N3O4. The average Bonchev–Trinajstić information content (AvgIpc) is 3.31. The number of amides is 2. The van der Waals surface area contributed by atoms with Crippen molar-refractivity contribution in [3.05, 3.63) is 59.2 Å². The normalized spacial score (nSPS) is 13.4. The molecule has 0 atom stereocenters. The second kappa shape index (κ2) is 11.0. The summed E-state index contributed by atoms with van der Waals surface area (Å²) in [4.78, 5) is 26.5. The van der Waals surface area contributed by atoms with Crippen LogP contribution in [-0.4, -0.2) is 43.0 Å². The number of rotatable bonds is 8. The van der Waals surface area contributed by atoms with Crippen molar-refractivity contribution in [3.63, 3.8) is 0 Å². The van der Waals surface area contributed by atoms with Gasteiger partial charge in [-0.2, -0.15) is 5.26 Å². The van der Waals surface area contributed by atoms with Gasteiger partial charge in [-0.05, 0) is 68.2 Å². The summed E-state index contributed by atoms with van der Waals surface area (Å²) in [5, 5.41) is 12.3. The largest absolute Gasteiger partial charge is 0.490 e. The summed E-state index contributed by atoms with van der Waals surface area (Å²) in [6, 6.07) is 14.6. The van der Waals surface area contributed by atoms with E-state index in [-0.39, 0.29) is 24.0 Å². The van der Waals surface area contributed by atoms with Gasteiger partial charge in [-0.25, -0.2) is 0 Å². The zero-order valence-electron chi connectivity index (χ0n) is 18.4. The fourth-order valence-electron chi connectivity index (χ4n) is 3.46. The summed E-state index contributed by atoms with van der Waals surface area (Å²) in [6.07, 6.45) is 3.47. The van der Waals surface area contributed by atoms with Gasteiger partial charge in [0.25, 0.3) is 11.8 Å². The number of benzene rings is 2. The molecule has 0 aliphatic carbocycles. The first-order valence-corrected chi connectivity index (χ1v) is 10.7. The molecule has 0 saturated carbocycles. The third kappa shape index (κ3) is 6.11. The van der Waals surface area contributed by atoms with E-state index in [0.717, 1.165) is 18.4 Å². The predicted molar refractivity (Wildman–Crippen MR) is 122 cm³/mol. The molecule has 0 aromatic heterocycles. The molecule has 2 amide bonds. The number of carbonyl (C=O) groups excluding carboxylic acids is 2. The molecule has 2 aromatic rings. The minimum Gasteiger partial charge on any atom is -0.490 e. The van der Waals surface area contributed by atoms with Crippen LogP contribution in [0.1, 0.15) is 30.9 Å². The standard InChI is InChI=1S/C25H27N3O4/c1-3-31-23-15-19(14-20(16-26)25(30)28-11-4-5-12-28)9-10-22(23)32-17-24(29)27-21-8-6-7-18(2)13-21/h6-10,13-15H,3-5,11-12,17H2,1-2H3,(H,27,29)/b20-14+. The number of nitrogens with zero attached hydrogens (tertiary/aromatic N) is 2. The lowest BCUT2D eigenvalue weighted by Gasteiger charge is -2.15. The Hall–Kier alpha value is -3.79. The van der Waals surface area contributed by atoms with Crippen LogP contribution in [0.5, 0.6) is 11.5 Å². The van der Waals surface area contributed by atoms with E-state index in [0.29, 0.717) is 42.4 Å². The van der Waals surface area contributed by atoms with Crippen LogP contribution in [0.25, 0.3) is 6.08 Å². The van der Waals surface area contributed by atoms with Crippen LogP contribution in [0.15, 0.2) is 48.0 Å². The lowest BCUT2D eigenvalue weighted by atomic mass is 10.1. The third-order valence-corrected chi connectivity index (χ3v) is 4.98. The molecule has 1 heterocycles. The molecule has 1 saturated heterocycles. The lowest BCUT2D eigenvalue weighted by molar-refractivity contribution is -0.125. The van der Waals surface area contributed by atoms with Gasteiger partial charge in [0.1, 0.15) is 11.6 Å². The molecule has 0 unspecified atom stereocenters. The number of likely N-dealkylation sites (tertiary alicyclic amines) is 1. The highest BCUT2D eigenvalue weighted by Gasteiger charge is 2.21. The van der Waals surface area contributed by atoms with Crippen LogP contribution in [0.2, 0.25) is 0 Å². The smallest absolute Gasteiger partial charge is 0.264 e. The van der Waals surface area contributed by atoms with Crippen LogP contribution in [-0.2, 0) is 9.59 Å². The Morgan fingerprint density at radius 3 is 2.59 bits per heavy atom. The van der Waals surface area contributed by atoms with E-state index in [2.05, 4.69) is 5.32 Å². The number of hydrogen-bond acceptors (Lipinski definition) is 5. The molecule has 7 heteroatoms. The van der Waals surface area contributed by atoms with E-state index in [1.807, 2.05) is 44.2 Å². The van der Waals surface area contributed by atoms with Crippen molar-refractivity contribution in [1.29, 1.82) is 5.26 Å². The fourth-order valence-corrected chi connectivity index (χ4v) is 3.46. The molecule has 3 rings (SSSR count). The molecule has 1 aliphatic rings. The lowest BCUT2D eigenvalue weighted by Crippen LogP contribution is -2.28. The number of hydrogen-bond donors (Lipinski definition) is 1. The molecule has 0 radical (unpaired) electrons. The minimum atomic E-state index is -0.287. The van der Waals surface area contributed by atoms with Gasteiger partial charge < -0.3 is 19.7 Å². The van der Waals surface area contributed by atoms with Gasteiger partial charge in [-0.15, -0.1) is 0 Å². The first kappa shape index (κ1) is 22.9. The van der Waals surface area contributed by atoms with Gasteiger partial charge in [0.05, 0.1) is 6.61 Å². The Labute approximate surface area is 188 Å². The highest BCUT2D eigenvalue weighted by atomic mass is 16.5. The molecule has 2 aromatic carbocycles. The van der Waals surface area contributed by atoms with Gasteiger partial charge in [0.15, 0.2) is 18.1 Å². The van der Waals surface area contributed by atoms with Crippen molar-refractivity contribution in [1.82, 2.24) is 4.90 Å². The molecule has 166 valence electrons. The second-order valence-corrected chi connectivity index (χ2v) is 7.51. The fraction of sp³-hybridized carbons (Fsp3) is 0.320. The number of aryl methyl sites for hydroxylation is 1. The maximum absolute atomic E-state index is 12.5. The first-order valence-electron chi connectivity index (χ1n) is 10.7. The van der Waals surface area contributed by atoms with Crippen molar-refractivity contribution in [3.8, 4) is 17.6 Å². The molecule has 0 bridgehead atoms. The summed E-state index contributed by atoms with van der Waals surface area (Å²) in [5.74, 6) is 0.310. The van der Waals surface area contributed by atoms with Gasteiger partial charge in [0, 0.05) is 18.8 Å². The number of ether oxygens (including phenoxy) is 2. The Kier molecular flexibility index (Phi) is 7.87. The van der Waals surface area contributed by atoms with Crippen molar-refractivity contribution >= 4 is 23.6 Å². The van der Waals surface area contributed by atoms with Crippen LogP contribution >= 0.6 is 0 Å². The maximum Gasteiger partial charge on any atom is 0.264 e. The first-order chi connectivity index (χ1) is 15.5. The van der Waals surface area contributed by atoms with Crippen LogP contribution in [0.3, 0.4) is 0 Å². The topological polar surface area (TPSA) is 91.7 Å². The van der Waals surface area contributed by atoms with Crippen molar-refractivity contribution in [2.75, 3.05) is 31.6 Å². The van der Waals surface area contributed by atoms with E-state index >= 15 is 0 Å². The van der Waals surface area contributed by atoms with Crippen LogP contribution in [0.4, 0.5) is 5.69 Å². The SMILES string of the molecule is CCOc1cc(/C=C(\C#N)C(=O)N2CCCC2)ccc1OCC(=O)Nc1cccc(C)c1. The Morgan fingerprint density at radius 2 is 1.91 bits per heavy atom. The predicted octanol–water partition coefficient (Wildman–Crippen LogP) is 3.94. The van der Waals surface area contributed by atoms with E-state index < -0.39 is 0 Å². The van der Waals surface area contributed by atoms with E-state index in [1.165, 1.54) is 0 Å². The van der Waals surface area contributed by atoms with Gasteiger partial charge in [-0.3, -0.25) is 9.59 Å². The number of carbonyl (C=O) groups is 2. The average molecular weight is 434 g/mol. The Bertz CT molecular complexity index is 1050. The number of nitrogens with one attached hydrogen (secondary N) is 1. The minimum absolute atomic E-state index is 0.0838. The highest BCUT2D eigenvalue weighted by Crippen LogP contribution is 2.29. The summed E-state index contributed by atoms with van der Waals surface area (Å²) >= 11 is 0. The third-order valence-electron chi connectivity index (χ3n) is 4.98. The monoisotopic (exact) mass is 433 g/mol. The van der Waals surface area contributed by atoms with Gasteiger partial charge >= 0.3 is 0 Å². The van der Waals surface area contributed by atoms with E-state index in [9.17, 15) is 14.9 Å². The van der Waals surface area contributed by atoms with Crippen molar-refractivity contribution in [2.24, 2.45) is 0 Å². The molecule has 7 nitrogen and oxygen atoms in total. The molecule has 32 heavy (non-hydrogen) atoms. The Morgan fingerprint density at radius 1 is 1.12 bits per heavy atom. The maximum atomic E-state index is 12.5. The van der Waals surface area contributed by atoms with Gasteiger partial charge in [0.2, 0.25) is 0 Å². The second-order valence-electron chi connectivity index (χ2n) is 7.51. The van der Waals surface area contributed by atoms with Crippen LogP contribution < -0.4 is 14.8 Å². The molecular weight excluding hydrogens is 406 g/mol. The molecule has 0 spiro atoms. The quantitative estimate of drug-likeness (QED) is 0.503. The number of nitriles is 1. The molecule has 1 aliphatic heterocycles. The summed E-state index contributed by atoms with van der Waals surface area (Å²) in [5.41, 5.74) is 2.48. The number of anilines is 1. The summed E-state index contributed by atoms with van der Waals surface area (Å²) in [7, 11) is 0. The molecule has 1 N–H and O–H groups in total.